The van der Waals surface area contributed by atoms with Gasteiger partial charge in [0, 0.05) is 12.6 Å². The van der Waals surface area contributed by atoms with Crippen molar-refractivity contribution in [1.82, 2.24) is 4.98 Å². The number of ether oxygens (including phenoxy) is 1. The number of aromatic nitrogens is 1. The molecule has 20 heavy (non-hydrogen) atoms. The Morgan fingerprint density at radius 2 is 1.90 bits per heavy atom. The SMILES string of the molecule is CNc1cc(C(F)(F)F)cc(-c2cccc(OC)c2)n1. The number of alkyl halides is 3. The summed E-state index contributed by atoms with van der Waals surface area (Å²) in [7, 11) is 3.02. The molecule has 0 bridgehead atoms. The molecule has 106 valence electrons. The fraction of sp³-hybridized carbons (Fsp3) is 0.214. The topological polar surface area (TPSA) is 34.1 Å². The van der Waals surface area contributed by atoms with E-state index in [4.69, 9.17) is 4.74 Å². The molecule has 1 aromatic heterocycles. The Bertz CT molecular complexity index is 612. The molecule has 3 nitrogen and oxygen atoms in total. The summed E-state index contributed by atoms with van der Waals surface area (Å²) >= 11 is 0. The molecule has 0 unspecified atom stereocenters. The first-order valence-electron chi connectivity index (χ1n) is 5.85. The number of halogens is 3. The standard InChI is InChI=1S/C14H13F3N2O/c1-18-13-8-10(14(15,16)17)7-12(19-13)9-4-3-5-11(6-9)20-2/h3-8H,1-2H3,(H,18,19). The molecule has 2 aromatic rings. The molecular formula is C14H13F3N2O. The average Bonchev–Trinajstić information content (AvgIpc) is 2.46. The smallest absolute Gasteiger partial charge is 0.416 e. The maximum absolute atomic E-state index is 12.9. The van der Waals surface area contributed by atoms with Gasteiger partial charge in [0.05, 0.1) is 18.4 Å². The fourth-order valence-electron chi connectivity index (χ4n) is 1.75. The average molecular weight is 282 g/mol. The maximum atomic E-state index is 12.9. The van der Waals surface area contributed by atoms with E-state index in [0.717, 1.165) is 12.1 Å². The van der Waals surface area contributed by atoms with E-state index in [2.05, 4.69) is 10.3 Å². The van der Waals surface area contributed by atoms with Crippen LogP contribution in [0, 0.1) is 0 Å². The summed E-state index contributed by atoms with van der Waals surface area (Å²) < 4.78 is 43.7. The maximum Gasteiger partial charge on any atom is 0.416 e. The molecule has 0 aliphatic carbocycles. The van der Waals surface area contributed by atoms with E-state index in [-0.39, 0.29) is 11.5 Å². The molecule has 1 N–H and O–H groups in total. The molecule has 0 fully saturated rings. The molecule has 1 aromatic carbocycles. The van der Waals surface area contributed by atoms with E-state index >= 15 is 0 Å². The van der Waals surface area contributed by atoms with Crippen molar-refractivity contribution in [2.24, 2.45) is 0 Å². The number of anilines is 1. The van der Waals surface area contributed by atoms with Crippen LogP contribution in [0.1, 0.15) is 5.56 Å². The van der Waals surface area contributed by atoms with Gasteiger partial charge in [0.25, 0.3) is 0 Å². The quantitative estimate of drug-likeness (QED) is 0.929. The highest BCUT2D eigenvalue weighted by Crippen LogP contribution is 2.33. The first kappa shape index (κ1) is 14.2. The van der Waals surface area contributed by atoms with E-state index in [9.17, 15) is 13.2 Å². The van der Waals surface area contributed by atoms with Crippen molar-refractivity contribution in [3.63, 3.8) is 0 Å². The predicted molar refractivity (Wildman–Crippen MR) is 70.8 cm³/mol. The van der Waals surface area contributed by atoms with E-state index < -0.39 is 11.7 Å². The lowest BCUT2D eigenvalue weighted by molar-refractivity contribution is -0.137. The Morgan fingerprint density at radius 3 is 2.50 bits per heavy atom. The second kappa shape index (κ2) is 5.40. The van der Waals surface area contributed by atoms with Crippen LogP contribution in [-0.4, -0.2) is 19.1 Å². The van der Waals surface area contributed by atoms with Gasteiger partial charge in [-0.25, -0.2) is 4.98 Å². The van der Waals surface area contributed by atoms with Gasteiger partial charge in [-0.3, -0.25) is 0 Å². The molecule has 1 heterocycles. The van der Waals surface area contributed by atoms with Gasteiger partial charge in [-0.05, 0) is 24.3 Å². The molecule has 0 radical (unpaired) electrons. The molecule has 0 atom stereocenters. The molecule has 2 rings (SSSR count). The van der Waals surface area contributed by atoms with Crippen LogP contribution in [0.25, 0.3) is 11.3 Å². The Hall–Kier alpha value is -2.24. The molecule has 0 amide bonds. The summed E-state index contributed by atoms with van der Waals surface area (Å²) in [6, 6.07) is 8.75. The normalized spacial score (nSPS) is 11.2. The van der Waals surface area contributed by atoms with Crippen molar-refractivity contribution >= 4 is 5.82 Å². The summed E-state index contributed by atoms with van der Waals surface area (Å²) in [5.41, 5.74) is 0.0599. The van der Waals surface area contributed by atoms with Crippen molar-refractivity contribution < 1.29 is 17.9 Å². The number of hydrogen-bond donors (Lipinski definition) is 1. The summed E-state index contributed by atoms with van der Waals surface area (Å²) in [5, 5.41) is 2.64. The molecule has 0 saturated carbocycles. The number of rotatable bonds is 3. The molecule has 6 heteroatoms. The number of methoxy groups -OCH3 is 1. The molecular weight excluding hydrogens is 269 g/mol. The van der Waals surface area contributed by atoms with Crippen molar-refractivity contribution in [1.29, 1.82) is 0 Å². The Morgan fingerprint density at radius 1 is 1.15 bits per heavy atom. The number of pyridine rings is 1. The van der Waals surface area contributed by atoms with Crippen molar-refractivity contribution in [3.8, 4) is 17.0 Å². The van der Waals surface area contributed by atoms with Crippen LogP contribution in [0.2, 0.25) is 0 Å². The van der Waals surface area contributed by atoms with Crippen LogP contribution in [0.15, 0.2) is 36.4 Å². The van der Waals surface area contributed by atoms with E-state index in [1.165, 1.54) is 14.2 Å². The van der Waals surface area contributed by atoms with Gasteiger partial charge in [-0.15, -0.1) is 0 Å². The number of benzene rings is 1. The lowest BCUT2D eigenvalue weighted by Gasteiger charge is -2.12. The second-order valence-electron chi connectivity index (χ2n) is 4.11. The molecule has 0 spiro atoms. The van der Waals surface area contributed by atoms with Crippen LogP contribution >= 0.6 is 0 Å². The van der Waals surface area contributed by atoms with Crippen molar-refractivity contribution in [2.45, 2.75) is 6.18 Å². The monoisotopic (exact) mass is 282 g/mol. The van der Waals surface area contributed by atoms with Gasteiger partial charge in [0.1, 0.15) is 11.6 Å². The zero-order chi connectivity index (χ0) is 14.8. The Kier molecular flexibility index (Phi) is 3.83. The predicted octanol–water partition coefficient (Wildman–Crippen LogP) is 3.82. The highest BCUT2D eigenvalue weighted by atomic mass is 19.4. The minimum Gasteiger partial charge on any atom is -0.497 e. The van der Waals surface area contributed by atoms with E-state index in [0.29, 0.717) is 11.3 Å². The molecule has 0 aliphatic heterocycles. The minimum atomic E-state index is -4.41. The number of nitrogens with zero attached hydrogens (tertiary/aromatic N) is 1. The van der Waals surface area contributed by atoms with Gasteiger partial charge in [0.2, 0.25) is 0 Å². The lowest BCUT2D eigenvalue weighted by Crippen LogP contribution is -2.07. The fourth-order valence-corrected chi connectivity index (χ4v) is 1.75. The van der Waals surface area contributed by atoms with Crippen LogP contribution in [0.3, 0.4) is 0 Å². The van der Waals surface area contributed by atoms with Gasteiger partial charge in [-0.2, -0.15) is 13.2 Å². The molecule has 0 saturated heterocycles. The van der Waals surface area contributed by atoms with Crippen LogP contribution in [0.4, 0.5) is 19.0 Å². The van der Waals surface area contributed by atoms with Crippen LogP contribution in [0.5, 0.6) is 5.75 Å². The molecule has 0 aliphatic rings. The number of hydrogen-bond acceptors (Lipinski definition) is 3. The summed E-state index contributed by atoms with van der Waals surface area (Å²) in [4.78, 5) is 4.14. The van der Waals surface area contributed by atoms with Gasteiger partial charge in [0.15, 0.2) is 0 Å². The zero-order valence-electron chi connectivity index (χ0n) is 11.0. The summed E-state index contributed by atoms with van der Waals surface area (Å²) in [6.07, 6.45) is -4.41. The van der Waals surface area contributed by atoms with Crippen LogP contribution < -0.4 is 10.1 Å². The highest BCUT2D eigenvalue weighted by molar-refractivity contribution is 5.64. The Balaban J connectivity index is 2.55. The van der Waals surface area contributed by atoms with Gasteiger partial charge in [-0.1, -0.05) is 12.1 Å². The van der Waals surface area contributed by atoms with E-state index in [1.807, 2.05) is 0 Å². The van der Waals surface area contributed by atoms with Crippen molar-refractivity contribution in [3.05, 3.63) is 42.0 Å². The largest absolute Gasteiger partial charge is 0.497 e. The highest BCUT2D eigenvalue weighted by Gasteiger charge is 2.31. The second-order valence-corrected chi connectivity index (χ2v) is 4.11. The third kappa shape index (κ3) is 3.01. The zero-order valence-corrected chi connectivity index (χ0v) is 11.0. The summed E-state index contributed by atoms with van der Waals surface area (Å²) in [6.45, 7) is 0. The van der Waals surface area contributed by atoms with E-state index in [1.54, 1.807) is 24.3 Å². The number of nitrogens with one attached hydrogen (secondary N) is 1. The van der Waals surface area contributed by atoms with Crippen LogP contribution in [-0.2, 0) is 6.18 Å². The Labute approximate surface area is 114 Å². The van der Waals surface area contributed by atoms with Gasteiger partial charge >= 0.3 is 6.18 Å². The minimum absolute atomic E-state index is 0.164. The first-order valence-corrected chi connectivity index (χ1v) is 5.85. The lowest BCUT2D eigenvalue weighted by atomic mass is 10.1. The first-order chi connectivity index (χ1) is 9.44. The van der Waals surface area contributed by atoms with Crippen molar-refractivity contribution in [2.75, 3.05) is 19.5 Å². The third-order valence-electron chi connectivity index (χ3n) is 2.77. The summed E-state index contributed by atoms with van der Waals surface area (Å²) in [5.74, 6) is 0.727. The van der Waals surface area contributed by atoms with Gasteiger partial charge < -0.3 is 10.1 Å². The third-order valence-corrected chi connectivity index (χ3v) is 2.77.